The quantitative estimate of drug-likeness (QED) is 0.829. The van der Waals surface area contributed by atoms with Crippen LogP contribution >= 0.6 is 22.9 Å². The molecule has 0 N–H and O–H groups in total. The number of hydrogen-bond donors (Lipinski definition) is 0. The molecular formula is C14H19ClN2O3S2. The van der Waals surface area contributed by atoms with E-state index in [1.165, 1.54) is 10.4 Å². The third-order valence-corrected chi connectivity index (χ3v) is 7.86. The third-order valence-electron chi connectivity index (χ3n) is 4.29. The van der Waals surface area contributed by atoms with Crippen LogP contribution in [0.4, 0.5) is 0 Å². The van der Waals surface area contributed by atoms with Crippen LogP contribution in [-0.2, 0) is 14.8 Å². The summed E-state index contributed by atoms with van der Waals surface area (Å²) in [7, 11) is -3.53. The summed E-state index contributed by atoms with van der Waals surface area (Å²) in [4.78, 5) is 14.4. The summed E-state index contributed by atoms with van der Waals surface area (Å²) in [6, 6.07) is 3.13. The highest BCUT2D eigenvalue weighted by Crippen LogP contribution is 2.31. The molecule has 0 radical (unpaired) electrons. The van der Waals surface area contributed by atoms with E-state index in [0.29, 0.717) is 10.9 Å². The Morgan fingerprint density at radius 1 is 1.18 bits per heavy atom. The third kappa shape index (κ3) is 3.18. The Kier molecular flexibility index (Phi) is 4.77. The Morgan fingerprint density at radius 2 is 1.91 bits per heavy atom. The normalized spacial score (nSPS) is 23.9. The summed E-state index contributed by atoms with van der Waals surface area (Å²) in [5.41, 5.74) is 0. The van der Waals surface area contributed by atoms with E-state index in [4.69, 9.17) is 11.6 Å². The van der Waals surface area contributed by atoms with Crippen LogP contribution in [0.25, 0.3) is 0 Å². The lowest BCUT2D eigenvalue weighted by Gasteiger charge is -2.32. The molecule has 8 heteroatoms. The highest BCUT2D eigenvalue weighted by Gasteiger charge is 2.36. The molecule has 1 unspecified atom stereocenters. The maximum atomic E-state index is 12.6. The Morgan fingerprint density at radius 3 is 2.55 bits per heavy atom. The van der Waals surface area contributed by atoms with Crippen LogP contribution in [-0.4, -0.2) is 49.7 Å². The standard InChI is InChI=1S/C14H19ClN2O3S2/c15-12-5-6-13(21-12)22(19,20)17-9-3-4-11(10-17)14(18)16-7-1-2-8-16/h5-6,11H,1-4,7-10H2. The average Bonchev–Trinajstić information content (AvgIpc) is 3.18. The number of carbonyl (C=O) groups excluding carboxylic acids is 1. The maximum Gasteiger partial charge on any atom is 0.252 e. The minimum Gasteiger partial charge on any atom is -0.342 e. The molecule has 1 aromatic heterocycles. The first-order valence-electron chi connectivity index (χ1n) is 7.53. The SMILES string of the molecule is O=C(C1CCCN(S(=O)(=O)c2ccc(Cl)s2)C1)N1CCCC1. The molecule has 1 aromatic rings. The molecule has 2 fully saturated rings. The van der Waals surface area contributed by atoms with Crippen LogP contribution in [0.5, 0.6) is 0 Å². The molecule has 0 saturated carbocycles. The van der Waals surface area contributed by atoms with E-state index in [1.807, 2.05) is 4.90 Å². The molecule has 0 spiro atoms. The number of thiophene rings is 1. The van der Waals surface area contributed by atoms with Gasteiger partial charge >= 0.3 is 0 Å². The van der Waals surface area contributed by atoms with Crippen molar-refractivity contribution in [3.8, 4) is 0 Å². The Balaban J connectivity index is 1.73. The van der Waals surface area contributed by atoms with Crippen molar-refractivity contribution < 1.29 is 13.2 Å². The minimum atomic E-state index is -3.53. The maximum absolute atomic E-state index is 12.6. The summed E-state index contributed by atoms with van der Waals surface area (Å²) in [6.07, 6.45) is 3.59. The zero-order chi connectivity index (χ0) is 15.7. The molecule has 0 bridgehead atoms. The Labute approximate surface area is 139 Å². The van der Waals surface area contributed by atoms with Gasteiger partial charge in [0.2, 0.25) is 5.91 Å². The van der Waals surface area contributed by atoms with Gasteiger partial charge in [-0.1, -0.05) is 11.6 Å². The Bertz CT molecular complexity index is 653. The number of piperidine rings is 1. The van der Waals surface area contributed by atoms with Crippen molar-refractivity contribution in [1.29, 1.82) is 0 Å². The fraction of sp³-hybridized carbons (Fsp3) is 0.643. The predicted octanol–water partition coefficient (Wildman–Crippen LogP) is 2.42. The molecule has 0 aromatic carbocycles. The highest BCUT2D eigenvalue weighted by atomic mass is 35.5. The van der Waals surface area contributed by atoms with Gasteiger partial charge in [-0.15, -0.1) is 11.3 Å². The van der Waals surface area contributed by atoms with Gasteiger partial charge in [-0.25, -0.2) is 8.42 Å². The van der Waals surface area contributed by atoms with Crippen molar-refractivity contribution in [3.63, 3.8) is 0 Å². The van der Waals surface area contributed by atoms with E-state index in [2.05, 4.69) is 0 Å². The van der Waals surface area contributed by atoms with Gasteiger partial charge in [0.05, 0.1) is 10.3 Å². The average molecular weight is 363 g/mol. The van der Waals surface area contributed by atoms with E-state index < -0.39 is 10.0 Å². The smallest absolute Gasteiger partial charge is 0.252 e. The molecule has 5 nitrogen and oxygen atoms in total. The number of amides is 1. The van der Waals surface area contributed by atoms with Gasteiger partial charge < -0.3 is 4.90 Å². The largest absolute Gasteiger partial charge is 0.342 e. The van der Waals surface area contributed by atoms with Gasteiger partial charge in [-0.3, -0.25) is 4.79 Å². The van der Waals surface area contributed by atoms with Gasteiger partial charge in [0.25, 0.3) is 10.0 Å². The van der Waals surface area contributed by atoms with Crippen LogP contribution in [0.3, 0.4) is 0 Å². The van der Waals surface area contributed by atoms with Gasteiger partial charge in [-0.05, 0) is 37.8 Å². The van der Waals surface area contributed by atoms with Gasteiger partial charge in [0.15, 0.2) is 0 Å². The molecule has 2 saturated heterocycles. The van der Waals surface area contributed by atoms with Crippen molar-refractivity contribution in [3.05, 3.63) is 16.5 Å². The van der Waals surface area contributed by atoms with Crippen LogP contribution < -0.4 is 0 Å². The zero-order valence-electron chi connectivity index (χ0n) is 12.2. The van der Waals surface area contributed by atoms with Crippen LogP contribution in [0, 0.1) is 5.92 Å². The van der Waals surface area contributed by atoms with Gasteiger partial charge in [0, 0.05) is 26.2 Å². The minimum absolute atomic E-state index is 0.113. The monoisotopic (exact) mass is 362 g/mol. The zero-order valence-corrected chi connectivity index (χ0v) is 14.6. The number of hydrogen-bond acceptors (Lipinski definition) is 4. The molecule has 0 aliphatic carbocycles. The second kappa shape index (κ2) is 6.47. The summed E-state index contributed by atoms with van der Waals surface area (Å²) in [6.45, 7) is 2.38. The van der Waals surface area contributed by atoms with E-state index in [9.17, 15) is 13.2 Å². The number of rotatable bonds is 3. The lowest BCUT2D eigenvalue weighted by Crippen LogP contribution is -2.45. The molecular weight excluding hydrogens is 344 g/mol. The van der Waals surface area contributed by atoms with Crippen LogP contribution in [0.15, 0.2) is 16.3 Å². The Hall–Kier alpha value is -0.630. The summed E-state index contributed by atoms with van der Waals surface area (Å²) in [5, 5.41) is 0. The number of likely N-dealkylation sites (tertiary alicyclic amines) is 1. The van der Waals surface area contributed by atoms with E-state index in [0.717, 1.165) is 50.1 Å². The number of halogens is 1. The first-order chi connectivity index (χ1) is 10.5. The fourth-order valence-electron chi connectivity index (χ4n) is 3.12. The molecule has 22 heavy (non-hydrogen) atoms. The van der Waals surface area contributed by atoms with Gasteiger partial charge in [-0.2, -0.15) is 4.31 Å². The number of nitrogens with zero attached hydrogens (tertiary/aromatic N) is 2. The molecule has 2 aliphatic rings. The van der Waals surface area contributed by atoms with Crippen LogP contribution in [0.1, 0.15) is 25.7 Å². The fourth-order valence-corrected chi connectivity index (χ4v) is 6.28. The van der Waals surface area contributed by atoms with E-state index in [1.54, 1.807) is 6.07 Å². The molecule has 2 aliphatic heterocycles. The number of sulfonamides is 1. The van der Waals surface area contributed by atoms with Gasteiger partial charge in [0.1, 0.15) is 4.21 Å². The lowest BCUT2D eigenvalue weighted by molar-refractivity contribution is -0.135. The molecule has 1 amide bonds. The summed E-state index contributed by atoms with van der Waals surface area (Å²) < 4.78 is 27.4. The predicted molar refractivity (Wildman–Crippen MR) is 86.6 cm³/mol. The van der Waals surface area contributed by atoms with Crippen molar-refractivity contribution in [2.45, 2.75) is 29.9 Å². The summed E-state index contributed by atoms with van der Waals surface area (Å²) in [5.74, 6) is -0.0985. The second-order valence-corrected chi connectivity index (χ2v) is 9.67. The molecule has 3 heterocycles. The first kappa shape index (κ1) is 16.2. The number of carbonyl (C=O) groups is 1. The van der Waals surface area contributed by atoms with Crippen molar-refractivity contribution in [1.82, 2.24) is 9.21 Å². The van der Waals surface area contributed by atoms with Crippen molar-refractivity contribution >= 4 is 38.9 Å². The second-order valence-electron chi connectivity index (χ2n) is 5.79. The summed E-state index contributed by atoms with van der Waals surface area (Å²) >= 11 is 6.91. The van der Waals surface area contributed by atoms with Crippen LogP contribution in [0.2, 0.25) is 4.34 Å². The first-order valence-corrected chi connectivity index (χ1v) is 10.2. The van der Waals surface area contributed by atoms with E-state index >= 15 is 0 Å². The molecule has 122 valence electrons. The molecule has 1 atom stereocenters. The van der Waals surface area contributed by atoms with Crippen molar-refractivity contribution in [2.24, 2.45) is 5.92 Å². The molecule has 3 rings (SSSR count). The van der Waals surface area contributed by atoms with Crippen molar-refractivity contribution in [2.75, 3.05) is 26.2 Å². The van der Waals surface area contributed by atoms with E-state index in [-0.39, 0.29) is 22.6 Å². The lowest BCUT2D eigenvalue weighted by atomic mass is 9.98. The topological polar surface area (TPSA) is 57.7 Å². The highest BCUT2D eigenvalue weighted by molar-refractivity contribution is 7.91.